The molecular weight excluding hydrogens is 498 g/mol. The number of methoxy groups -OCH3 is 4. The van der Waals surface area contributed by atoms with E-state index in [0.717, 1.165) is 28.3 Å². The van der Waals surface area contributed by atoms with Crippen molar-refractivity contribution in [2.45, 2.75) is 12.5 Å². The number of hydrogen-bond acceptors (Lipinski definition) is 7. The maximum Gasteiger partial charge on any atom is 0.262 e. The summed E-state index contributed by atoms with van der Waals surface area (Å²) < 4.78 is 21.0. The van der Waals surface area contributed by atoms with Crippen LogP contribution in [0.5, 0.6) is 17.2 Å². The molecule has 2 amide bonds. The number of carbonyl (C=O) groups is 2. The number of benzene rings is 3. The lowest BCUT2D eigenvalue weighted by Crippen LogP contribution is -2.42. The van der Waals surface area contributed by atoms with Gasteiger partial charge in [-0.2, -0.15) is 5.10 Å². The quantitative estimate of drug-likeness (QED) is 0.369. The van der Waals surface area contributed by atoms with Gasteiger partial charge in [0.15, 0.2) is 0 Å². The van der Waals surface area contributed by atoms with Crippen molar-refractivity contribution in [1.29, 1.82) is 0 Å². The molecule has 0 fully saturated rings. The van der Waals surface area contributed by atoms with Crippen molar-refractivity contribution in [1.82, 2.24) is 9.91 Å². The molecule has 0 aromatic heterocycles. The van der Waals surface area contributed by atoms with Crippen LogP contribution in [0.4, 0.5) is 0 Å². The summed E-state index contributed by atoms with van der Waals surface area (Å²) in [5.74, 6) is 1.54. The average Bonchev–Trinajstić information content (AvgIpc) is 3.44. The van der Waals surface area contributed by atoms with Crippen LogP contribution in [0.1, 0.15) is 33.9 Å². The summed E-state index contributed by atoms with van der Waals surface area (Å²) in [6.45, 7) is 0.390. The van der Waals surface area contributed by atoms with Crippen molar-refractivity contribution in [3.8, 4) is 17.2 Å². The molecule has 0 aliphatic carbocycles. The van der Waals surface area contributed by atoms with Crippen LogP contribution in [0.3, 0.4) is 0 Å². The van der Waals surface area contributed by atoms with Gasteiger partial charge in [0, 0.05) is 25.6 Å². The highest BCUT2D eigenvalue weighted by Gasteiger charge is 2.34. The molecule has 3 aromatic rings. The van der Waals surface area contributed by atoms with E-state index >= 15 is 0 Å². The fourth-order valence-electron chi connectivity index (χ4n) is 4.39. The Kier molecular flexibility index (Phi) is 9.17. The Hall–Kier alpha value is -4.37. The first-order valence-electron chi connectivity index (χ1n) is 12.6. The van der Waals surface area contributed by atoms with Gasteiger partial charge in [-0.3, -0.25) is 9.59 Å². The third-order valence-electron chi connectivity index (χ3n) is 6.61. The second kappa shape index (κ2) is 12.9. The topological polar surface area (TPSA) is 89.9 Å². The summed E-state index contributed by atoms with van der Waals surface area (Å²) in [6, 6.07) is 21.6. The summed E-state index contributed by atoms with van der Waals surface area (Å²) in [5.41, 5.74) is 3.04. The molecule has 1 heterocycles. The number of hydrogen-bond donors (Lipinski definition) is 0. The van der Waals surface area contributed by atoms with Crippen LogP contribution in [-0.2, 0) is 9.53 Å². The molecule has 0 bridgehead atoms. The Morgan fingerprint density at radius 3 is 1.90 bits per heavy atom. The van der Waals surface area contributed by atoms with Gasteiger partial charge in [-0.05, 0) is 71.8 Å². The van der Waals surface area contributed by atoms with Crippen molar-refractivity contribution in [3.63, 3.8) is 0 Å². The molecule has 1 aliphatic heterocycles. The first kappa shape index (κ1) is 27.7. The summed E-state index contributed by atoms with van der Waals surface area (Å²) in [7, 11) is 6.35. The number of carbonyl (C=O) groups excluding carboxylic acids is 2. The molecule has 0 saturated heterocycles. The smallest absolute Gasteiger partial charge is 0.262 e. The van der Waals surface area contributed by atoms with Gasteiger partial charge in [-0.1, -0.05) is 12.1 Å². The van der Waals surface area contributed by atoms with E-state index in [2.05, 4.69) is 0 Å². The fourth-order valence-corrected chi connectivity index (χ4v) is 4.39. The summed E-state index contributed by atoms with van der Waals surface area (Å²) in [5, 5.41) is 6.23. The molecule has 4 rings (SSSR count). The van der Waals surface area contributed by atoms with Gasteiger partial charge in [0.2, 0.25) is 0 Å². The Morgan fingerprint density at radius 2 is 1.36 bits per heavy atom. The molecule has 1 atom stereocenters. The number of amides is 2. The molecule has 0 N–H and O–H groups in total. The van der Waals surface area contributed by atoms with Crippen molar-refractivity contribution in [2.24, 2.45) is 5.10 Å². The number of nitrogens with zero attached hydrogens (tertiary/aromatic N) is 3. The van der Waals surface area contributed by atoms with Crippen molar-refractivity contribution in [2.75, 3.05) is 48.1 Å². The molecule has 1 aliphatic rings. The van der Waals surface area contributed by atoms with Gasteiger partial charge in [0.25, 0.3) is 11.8 Å². The average molecular weight is 532 g/mol. The Balaban J connectivity index is 1.61. The summed E-state index contributed by atoms with van der Waals surface area (Å²) in [6.07, 6.45) is 0.523. The van der Waals surface area contributed by atoms with Crippen LogP contribution in [0.15, 0.2) is 77.9 Å². The Bertz CT molecular complexity index is 1290. The molecule has 1 unspecified atom stereocenters. The standard InChI is InChI=1S/C30H33N3O6/c1-36-18-17-32(30(35)23-9-15-26(39-4)16-10-23)20-29(34)33-28(22-7-13-25(38-3)14-8-22)19-27(31-33)21-5-11-24(37-2)12-6-21/h5-16,28H,17-20H2,1-4H3. The van der Waals surface area contributed by atoms with Crippen molar-refractivity contribution >= 4 is 17.5 Å². The Labute approximate surface area is 228 Å². The van der Waals surface area contributed by atoms with Gasteiger partial charge in [-0.25, -0.2) is 5.01 Å². The van der Waals surface area contributed by atoms with E-state index in [1.54, 1.807) is 52.7 Å². The van der Waals surface area contributed by atoms with E-state index in [1.807, 2.05) is 48.5 Å². The number of rotatable bonds is 11. The van der Waals surface area contributed by atoms with Gasteiger partial charge >= 0.3 is 0 Å². The van der Waals surface area contributed by atoms with Crippen molar-refractivity contribution in [3.05, 3.63) is 89.5 Å². The first-order valence-corrected chi connectivity index (χ1v) is 12.6. The van der Waals surface area contributed by atoms with E-state index in [9.17, 15) is 9.59 Å². The summed E-state index contributed by atoms with van der Waals surface area (Å²) in [4.78, 5) is 28.6. The zero-order chi connectivity index (χ0) is 27.8. The van der Waals surface area contributed by atoms with Gasteiger partial charge in [0.1, 0.15) is 23.8 Å². The van der Waals surface area contributed by atoms with Gasteiger partial charge in [-0.15, -0.1) is 0 Å². The monoisotopic (exact) mass is 531 g/mol. The largest absolute Gasteiger partial charge is 0.497 e. The highest BCUT2D eigenvalue weighted by Crippen LogP contribution is 2.34. The lowest BCUT2D eigenvalue weighted by atomic mass is 9.98. The minimum atomic E-state index is -0.333. The highest BCUT2D eigenvalue weighted by atomic mass is 16.5. The molecule has 39 heavy (non-hydrogen) atoms. The lowest BCUT2D eigenvalue weighted by molar-refractivity contribution is -0.133. The van der Waals surface area contributed by atoms with Crippen LogP contribution >= 0.6 is 0 Å². The third kappa shape index (κ3) is 6.56. The van der Waals surface area contributed by atoms with Gasteiger partial charge in [0.05, 0.1) is 39.7 Å². The first-order chi connectivity index (χ1) is 19.0. The van der Waals surface area contributed by atoms with Crippen molar-refractivity contribution < 1.29 is 28.5 Å². The molecule has 3 aromatic carbocycles. The zero-order valence-corrected chi connectivity index (χ0v) is 22.6. The van der Waals surface area contributed by atoms with Crippen LogP contribution in [0.2, 0.25) is 0 Å². The van der Waals surface area contributed by atoms with E-state index < -0.39 is 0 Å². The minimum Gasteiger partial charge on any atom is -0.497 e. The van der Waals surface area contributed by atoms with Gasteiger partial charge < -0.3 is 23.8 Å². The lowest BCUT2D eigenvalue weighted by Gasteiger charge is -2.27. The zero-order valence-electron chi connectivity index (χ0n) is 22.6. The van der Waals surface area contributed by atoms with Crippen LogP contribution < -0.4 is 14.2 Å². The fraction of sp³-hybridized carbons (Fsp3) is 0.300. The molecule has 204 valence electrons. The molecule has 9 heteroatoms. The molecule has 9 nitrogen and oxygen atoms in total. The van der Waals surface area contributed by atoms with Crippen LogP contribution in [0.25, 0.3) is 0 Å². The second-order valence-corrected chi connectivity index (χ2v) is 8.95. The maximum atomic E-state index is 13.8. The predicted molar refractivity (Wildman–Crippen MR) is 148 cm³/mol. The molecule has 0 radical (unpaired) electrons. The SMILES string of the molecule is COCCN(CC(=O)N1N=C(c2ccc(OC)cc2)CC1c1ccc(OC)cc1)C(=O)c1ccc(OC)cc1. The van der Waals surface area contributed by atoms with Crippen LogP contribution in [0, 0.1) is 0 Å². The Morgan fingerprint density at radius 1 is 0.821 bits per heavy atom. The van der Waals surface area contributed by atoms with E-state index in [1.165, 1.54) is 9.91 Å². The summed E-state index contributed by atoms with van der Waals surface area (Å²) >= 11 is 0. The van der Waals surface area contributed by atoms with E-state index in [0.29, 0.717) is 17.7 Å². The maximum absolute atomic E-state index is 13.8. The highest BCUT2D eigenvalue weighted by molar-refractivity contribution is 6.04. The number of hydrazone groups is 1. The molecule has 0 saturated carbocycles. The van der Waals surface area contributed by atoms with E-state index in [-0.39, 0.29) is 37.6 Å². The minimum absolute atomic E-state index is 0.153. The normalized spacial score (nSPS) is 14.5. The second-order valence-electron chi connectivity index (χ2n) is 8.95. The van der Waals surface area contributed by atoms with E-state index in [4.69, 9.17) is 24.0 Å². The third-order valence-corrected chi connectivity index (χ3v) is 6.61. The number of ether oxygens (including phenoxy) is 4. The molecule has 0 spiro atoms. The molecular formula is C30H33N3O6. The predicted octanol–water partition coefficient (Wildman–Crippen LogP) is 4.18. The van der Waals surface area contributed by atoms with Crippen LogP contribution in [-0.4, -0.2) is 75.6 Å².